The Balaban J connectivity index is 1.48. The van der Waals surface area contributed by atoms with E-state index in [2.05, 4.69) is 10.3 Å². The number of carbonyl (C=O) groups is 1. The Bertz CT molecular complexity index is 1150. The van der Waals surface area contributed by atoms with Gasteiger partial charge in [0.25, 0.3) is 5.91 Å². The smallest absolute Gasteiger partial charge is 0.257 e. The fourth-order valence-corrected chi connectivity index (χ4v) is 3.79. The van der Waals surface area contributed by atoms with Crippen molar-refractivity contribution in [1.29, 1.82) is 0 Å². The predicted octanol–water partition coefficient (Wildman–Crippen LogP) is 5.75. The maximum Gasteiger partial charge on any atom is 0.257 e. The van der Waals surface area contributed by atoms with Crippen LogP contribution in [0.25, 0.3) is 22.4 Å². The summed E-state index contributed by atoms with van der Waals surface area (Å²) in [5.74, 6) is 1.10. The van der Waals surface area contributed by atoms with E-state index in [4.69, 9.17) is 9.47 Å². The maximum absolute atomic E-state index is 12.6. The molecular formula is C24H20N2O3S. The molecule has 0 bridgehead atoms. The zero-order valence-electron chi connectivity index (χ0n) is 16.6. The highest BCUT2D eigenvalue weighted by Crippen LogP contribution is 2.33. The van der Waals surface area contributed by atoms with Crippen molar-refractivity contribution in [3.63, 3.8) is 0 Å². The monoisotopic (exact) mass is 416 g/mol. The molecule has 1 amide bonds. The van der Waals surface area contributed by atoms with Gasteiger partial charge in [0.15, 0.2) is 16.6 Å². The molecule has 4 aromatic rings. The molecule has 0 saturated heterocycles. The summed E-state index contributed by atoms with van der Waals surface area (Å²) in [6.07, 6.45) is 0. The molecule has 0 unspecified atom stereocenters. The zero-order chi connectivity index (χ0) is 20.9. The Labute approximate surface area is 178 Å². The van der Waals surface area contributed by atoms with E-state index in [1.54, 1.807) is 14.2 Å². The lowest BCUT2D eigenvalue weighted by Crippen LogP contribution is -2.11. The van der Waals surface area contributed by atoms with Crippen molar-refractivity contribution in [3.8, 4) is 33.9 Å². The van der Waals surface area contributed by atoms with Crippen LogP contribution in [0.3, 0.4) is 0 Å². The van der Waals surface area contributed by atoms with Gasteiger partial charge in [-0.2, -0.15) is 0 Å². The van der Waals surface area contributed by atoms with E-state index in [0.717, 1.165) is 22.4 Å². The Morgan fingerprint density at radius 2 is 1.50 bits per heavy atom. The van der Waals surface area contributed by atoms with Gasteiger partial charge in [0.2, 0.25) is 0 Å². The number of rotatable bonds is 6. The Morgan fingerprint density at radius 1 is 0.833 bits per heavy atom. The summed E-state index contributed by atoms with van der Waals surface area (Å²) >= 11 is 1.38. The molecule has 0 saturated carbocycles. The number of anilines is 1. The molecule has 30 heavy (non-hydrogen) atoms. The summed E-state index contributed by atoms with van der Waals surface area (Å²) in [7, 11) is 3.19. The molecule has 0 radical (unpaired) electrons. The average Bonchev–Trinajstić information content (AvgIpc) is 3.27. The lowest BCUT2D eigenvalue weighted by Gasteiger charge is -2.08. The van der Waals surface area contributed by atoms with Crippen molar-refractivity contribution in [2.24, 2.45) is 0 Å². The molecule has 0 atom stereocenters. The standard InChI is InChI=1S/C24H20N2O3S/c1-28-21-13-12-19(14-22(21)29-2)20-15-30-24(25-20)26-23(27)18-10-8-17(9-11-18)16-6-4-3-5-7-16/h3-15H,1-2H3,(H,25,26,27). The van der Waals surface area contributed by atoms with Crippen LogP contribution in [0.2, 0.25) is 0 Å². The first-order valence-corrected chi connectivity index (χ1v) is 10.2. The number of nitrogens with one attached hydrogen (secondary N) is 1. The van der Waals surface area contributed by atoms with E-state index in [1.807, 2.05) is 78.2 Å². The third kappa shape index (κ3) is 4.18. The van der Waals surface area contributed by atoms with Crippen molar-refractivity contribution in [1.82, 2.24) is 4.98 Å². The van der Waals surface area contributed by atoms with Crippen LogP contribution in [0.15, 0.2) is 78.2 Å². The predicted molar refractivity (Wildman–Crippen MR) is 120 cm³/mol. The highest BCUT2D eigenvalue weighted by Gasteiger charge is 2.12. The van der Waals surface area contributed by atoms with E-state index in [-0.39, 0.29) is 5.91 Å². The first-order chi connectivity index (χ1) is 14.7. The lowest BCUT2D eigenvalue weighted by molar-refractivity contribution is 0.102. The van der Waals surface area contributed by atoms with Crippen LogP contribution >= 0.6 is 11.3 Å². The second kappa shape index (κ2) is 8.80. The van der Waals surface area contributed by atoms with Crippen LogP contribution in [0.5, 0.6) is 11.5 Å². The first-order valence-electron chi connectivity index (χ1n) is 9.32. The van der Waals surface area contributed by atoms with Gasteiger partial charge in [0.05, 0.1) is 19.9 Å². The third-order valence-electron chi connectivity index (χ3n) is 4.66. The summed E-state index contributed by atoms with van der Waals surface area (Å²) in [5.41, 5.74) is 4.41. The molecule has 0 aliphatic heterocycles. The zero-order valence-corrected chi connectivity index (χ0v) is 17.4. The fourth-order valence-electron chi connectivity index (χ4n) is 3.07. The summed E-state index contributed by atoms with van der Waals surface area (Å²) in [4.78, 5) is 17.1. The molecule has 1 aromatic heterocycles. The van der Waals surface area contributed by atoms with Gasteiger partial charge in [0, 0.05) is 16.5 Å². The minimum absolute atomic E-state index is 0.192. The largest absolute Gasteiger partial charge is 0.493 e. The molecule has 0 aliphatic carbocycles. The van der Waals surface area contributed by atoms with Gasteiger partial charge >= 0.3 is 0 Å². The lowest BCUT2D eigenvalue weighted by atomic mass is 10.0. The van der Waals surface area contributed by atoms with Crippen LogP contribution in [0, 0.1) is 0 Å². The van der Waals surface area contributed by atoms with E-state index in [0.29, 0.717) is 22.2 Å². The number of methoxy groups -OCH3 is 2. The Morgan fingerprint density at radius 3 is 2.20 bits per heavy atom. The highest BCUT2D eigenvalue weighted by molar-refractivity contribution is 7.14. The minimum Gasteiger partial charge on any atom is -0.493 e. The van der Waals surface area contributed by atoms with Crippen LogP contribution < -0.4 is 14.8 Å². The molecule has 0 aliphatic rings. The van der Waals surface area contributed by atoms with Crippen molar-refractivity contribution < 1.29 is 14.3 Å². The molecule has 0 fully saturated rings. The molecule has 4 rings (SSSR count). The van der Waals surface area contributed by atoms with Gasteiger partial charge in [-0.1, -0.05) is 42.5 Å². The van der Waals surface area contributed by atoms with E-state index in [9.17, 15) is 4.79 Å². The van der Waals surface area contributed by atoms with Crippen LogP contribution in [-0.4, -0.2) is 25.1 Å². The minimum atomic E-state index is -0.192. The second-order valence-corrected chi connectivity index (χ2v) is 7.36. The molecule has 1 heterocycles. The number of ether oxygens (including phenoxy) is 2. The molecular weight excluding hydrogens is 396 g/mol. The number of nitrogens with zero attached hydrogens (tertiary/aromatic N) is 1. The van der Waals surface area contributed by atoms with Crippen LogP contribution in [0.4, 0.5) is 5.13 Å². The number of carbonyl (C=O) groups excluding carboxylic acids is 1. The highest BCUT2D eigenvalue weighted by atomic mass is 32.1. The van der Waals surface area contributed by atoms with Crippen molar-refractivity contribution in [3.05, 3.63) is 83.7 Å². The maximum atomic E-state index is 12.6. The van der Waals surface area contributed by atoms with Crippen LogP contribution in [-0.2, 0) is 0 Å². The number of thiazole rings is 1. The molecule has 150 valence electrons. The summed E-state index contributed by atoms with van der Waals surface area (Å²) in [6.45, 7) is 0. The van der Waals surface area contributed by atoms with Crippen molar-refractivity contribution in [2.75, 3.05) is 19.5 Å². The molecule has 6 heteroatoms. The van der Waals surface area contributed by atoms with Crippen molar-refractivity contribution in [2.45, 2.75) is 0 Å². The van der Waals surface area contributed by atoms with E-state index in [1.165, 1.54) is 11.3 Å². The number of benzene rings is 3. The number of hydrogen-bond donors (Lipinski definition) is 1. The Hall–Kier alpha value is -3.64. The second-order valence-electron chi connectivity index (χ2n) is 6.51. The van der Waals surface area contributed by atoms with E-state index < -0.39 is 0 Å². The third-order valence-corrected chi connectivity index (χ3v) is 5.42. The summed E-state index contributed by atoms with van der Waals surface area (Å²) in [6, 6.07) is 23.2. The summed E-state index contributed by atoms with van der Waals surface area (Å²) in [5, 5.41) is 5.31. The van der Waals surface area contributed by atoms with Gasteiger partial charge in [-0.15, -0.1) is 11.3 Å². The SMILES string of the molecule is COc1ccc(-c2csc(NC(=O)c3ccc(-c4ccccc4)cc3)n2)cc1OC. The number of hydrogen-bond acceptors (Lipinski definition) is 5. The quantitative estimate of drug-likeness (QED) is 0.435. The normalized spacial score (nSPS) is 10.5. The van der Waals surface area contributed by atoms with Crippen LogP contribution in [0.1, 0.15) is 10.4 Å². The first kappa shape index (κ1) is 19.7. The molecule has 1 N–H and O–H groups in total. The topological polar surface area (TPSA) is 60.5 Å². The van der Waals surface area contributed by atoms with Gasteiger partial charge in [-0.3, -0.25) is 10.1 Å². The van der Waals surface area contributed by atoms with Gasteiger partial charge in [-0.05, 0) is 41.5 Å². The molecule has 0 spiro atoms. The number of amides is 1. The molecule has 5 nitrogen and oxygen atoms in total. The summed E-state index contributed by atoms with van der Waals surface area (Å²) < 4.78 is 10.6. The van der Waals surface area contributed by atoms with Gasteiger partial charge in [0.1, 0.15) is 0 Å². The number of aromatic nitrogens is 1. The Kier molecular flexibility index (Phi) is 5.77. The average molecular weight is 417 g/mol. The fraction of sp³-hybridized carbons (Fsp3) is 0.0833. The van der Waals surface area contributed by atoms with Crippen molar-refractivity contribution >= 4 is 22.4 Å². The van der Waals surface area contributed by atoms with Gasteiger partial charge < -0.3 is 9.47 Å². The van der Waals surface area contributed by atoms with E-state index >= 15 is 0 Å². The van der Waals surface area contributed by atoms with Gasteiger partial charge in [-0.25, -0.2) is 4.98 Å². The molecule has 3 aromatic carbocycles.